The van der Waals surface area contributed by atoms with E-state index in [1.54, 1.807) is 29.2 Å². The molecule has 0 aliphatic carbocycles. The molecule has 1 heterocycles. The van der Waals surface area contributed by atoms with Gasteiger partial charge >= 0.3 is 0 Å². The zero-order valence-corrected chi connectivity index (χ0v) is 12.2. The van der Waals surface area contributed by atoms with Crippen molar-refractivity contribution in [3.05, 3.63) is 54.1 Å². The summed E-state index contributed by atoms with van der Waals surface area (Å²) in [5.74, 6) is -0.137. The molecular formula is C17H19F2NO2. The molecule has 1 aliphatic rings. The topological polar surface area (TPSA) is 40.5 Å². The normalized spacial score (nSPS) is 19.8. The molecule has 0 saturated carbocycles. The number of aliphatic hydroxyl groups is 1. The molecular weight excluding hydrogens is 288 g/mol. The van der Waals surface area contributed by atoms with Crippen LogP contribution in [0, 0.1) is 5.92 Å². The van der Waals surface area contributed by atoms with Crippen LogP contribution in [0.2, 0.25) is 0 Å². The molecule has 0 radical (unpaired) electrons. The second kappa shape index (κ2) is 7.31. The molecule has 5 heteroatoms. The van der Waals surface area contributed by atoms with E-state index in [9.17, 15) is 18.7 Å². The van der Waals surface area contributed by atoms with E-state index >= 15 is 0 Å². The van der Waals surface area contributed by atoms with Gasteiger partial charge in [-0.15, -0.1) is 0 Å². The summed E-state index contributed by atoms with van der Waals surface area (Å²) in [4.78, 5) is 13.2. The predicted molar refractivity (Wildman–Crippen MR) is 81.3 cm³/mol. The number of benzene rings is 1. The van der Waals surface area contributed by atoms with Crippen LogP contribution in [0.3, 0.4) is 0 Å². The smallest absolute Gasteiger partial charge is 0.263 e. The molecule has 3 nitrogen and oxygen atoms in total. The van der Waals surface area contributed by atoms with Gasteiger partial charge in [-0.25, -0.2) is 8.78 Å². The second-order valence-corrected chi connectivity index (χ2v) is 5.35. The molecule has 118 valence electrons. The summed E-state index contributed by atoms with van der Waals surface area (Å²) >= 11 is 0. The first-order chi connectivity index (χ1) is 10.5. The highest BCUT2D eigenvalue weighted by Crippen LogP contribution is 2.22. The lowest BCUT2D eigenvalue weighted by Crippen LogP contribution is -2.29. The van der Waals surface area contributed by atoms with Crippen molar-refractivity contribution in [2.45, 2.75) is 19.0 Å². The van der Waals surface area contributed by atoms with Crippen LogP contribution in [-0.2, 0) is 4.79 Å². The van der Waals surface area contributed by atoms with Crippen LogP contribution in [0.4, 0.5) is 8.78 Å². The Morgan fingerprint density at radius 1 is 1.36 bits per heavy atom. The summed E-state index contributed by atoms with van der Waals surface area (Å²) in [5.41, 5.74) is 0.729. The van der Waals surface area contributed by atoms with E-state index in [2.05, 4.69) is 6.58 Å². The fourth-order valence-corrected chi connectivity index (χ4v) is 2.51. The fraction of sp³-hybridized carbons (Fsp3) is 0.353. The quantitative estimate of drug-likeness (QED) is 0.850. The molecule has 0 spiro atoms. The van der Waals surface area contributed by atoms with Gasteiger partial charge in [-0.3, -0.25) is 4.79 Å². The molecule has 1 aliphatic heterocycles. The van der Waals surface area contributed by atoms with E-state index < -0.39 is 12.5 Å². The minimum Gasteiger partial charge on any atom is -0.389 e. The van der Waals surface area contributed by atoms with Crippen LogP contribution in [-0.4, -0.2) is 35.1 Å². The van der Waals surface area contributed by atoms with Crippen molar-refractivity contribution >= 4 is 12.0 Å². The highest BCUT2D eigenvalue weighted by atomic mass is 19.3. The number of halogens is 2. The average molecular weight is 307 g/mol. The minimum absolute atomic E-state index is 0.0134. The monoisotopic (exact) mass is 307 g/mol. The molecule has 1 N–H and O–H groups in total. The lowest BCUT2D eigenvalue weighted by molar-refractivity contribution is -0.125. The molecule has 1 amide bonds. The lowest BCUT2D eigenvalue weighted by Gasteiger charge is -2.16. The first kappa shape index (κ1) is 16.4. The van der Waals surface area contributed by atoms with E-state index in [1.165, 1.54) is 18.2 Å². The van der Waals surface area contributed by atoms with E-state index in [-0.39, 0.29) is 17.4 Å². The third-order valence-corrected chi connectivity index (χ3v) is 3.87. The van der Waals surface area contributed by atoms with Crippen molar-refractivity contribution in [2.24, 2.45) is 5.92 Å². The van der Waals surface area contributed by atoms with Crippen molar-refractivity contribution in [1.29, 1.82) is 0 Å². The number of hydrogen-bond donors (Lipinski definition) is 1. The van der Waals surface area contributed by atoms with E-state index in [1.807, 2.05) is 0 Å². The highest BCUT2D eigenvalue weighted by Gasteiger charge is 2.28. The van der Waals surface area contributed by atoms with Crippen LogP contribution in [0.25, 0.3) is 6.08 Å². The second-order valence-electron chi connectivity index (χ2n) is 5.35. The first-order valence-corrected chi connectivity index (χ1v) is 7.17. The Hall–Kier alpha value is -2.01. The van der Waals surface area contributed by atoms with Gasteiger partial charge in [-0.1, -0.05) is 43.0 Å². The number of amides is 1. The molecule has 22 heavy (non-hydrogen) atoms. The van der Waals surface area contributed by atoms with Crippen molar-refractivity contribution < 1.29 is 18.7 Å². The van der Waals surface area contributed by atoms with E-state index in [4.69, 9.17) is 0 Å². The van der Waals surface area contributed by atoms with Crippen LogP contribution < -0.4 is 0 Å². The summed E-state index contributed by atoms with van der Waals surface area (Å²) in [6, 6.07) is 5.92. The van der Waals surface area contributed by atoms with Gasteiger partial charge < -0.3 is 10.0 Å². The van der Waals surface area contributed by atoms with Gasteiger partial charge in [0.15, 0.2) is 0 Å². The van der Waals surface area contributed by atoms with Crippen LogP contribution in [0.1, 0.15) is 24.0 Å². The van der Waals surface area contributed by atoms with Gasteiger partial charge in [-0.05, 0) is 18.1 Å². The predicted octanol–water partition coefficient (Wildman–Crippen LogP) is 3.03. The summed E-state index contributed by atoms with van der Waals surface area (Å²) < 4.78 is 24.9. The van der Waals surface area contributed by atoms with Crippen molar-refractivity contribution in [1.82, 2.24) is 4.90 Å². The molecule has 1 aromatic rings. The van der Waals surface area contributed by atoms with Crippen molar-refractivity contribution in [3.8, 4) is 0 Å². The number of carbonyl (C=O) groups excluding carboxylic acids is 1. The average Bonchev–Trinajstić information content (AvgIpc) is 3.02. The van der Waals surface area contributed by atoms with Gasteiger partial charge in [0.05, 0.1) is 6.10 Å². The summed E-state index contributed by atoms with van der Waals surface area (Å²) in [6.45, 7) is 4.56. The van der Waals surface area contributed by atoms with Gasteiger partial charge in [0.25, 0.3) is 6.43 Å². The zero-order valence-electron chi connectivity index (χ0n) is 12.2. The van der Waals surface area contributed by atoms with Crippen molar-refractivity contribution in [3.63, 3.8) is 0 Å². The van der Waals surface area contributed by atoms with Gasteiger partial charge in [0, 0.05) is 24.6 Å². The Labute approximate surface area is 128 Å². The maximum absolute atomic E-state index is 12.5. The lowest BCUT2D eigenvalue weighted by atomic mass is 10.0. The van der Waals surface area contributed by atoms with Crippen LogP contribution in [0.15, 0.2) is 43.0 Å². The standard InChI is InChI=1S/C17H19F2NO2/c1-2-16(22)20-10-9-14(11-20)15(21)8-5-12-3-6-13(7-4-12)17(18)19/h2-8,14-15,17,21H,1,9-11H2/b8-5+. The van der Waals surface area contributed by atoms with Crippen LogP contribution >= 0.6 is 0 Å². The Balaban J connectivity index is 1.92. The van der Waals surface area contributed by atoms with E-state index in [0.29, 0.717) is 13.1 Å². The third-order valence-electron chi connectivity index (χ3n) is 3.87. The molecule has 1 saturated heterocycles. The Morgan fingerprint density at radius 3 is 2.64 bits per heavy atom. The summed E-state index contributed by atoms with van der Waals surface area (Å²) in [6.07, 6.45) is 2.21. The number of aliphatic hydroxyl groups excluding tert-OH is 1. The maximum Gasteiger partial charge on any atom is 0.263 e. The SMILES string of the molecule is C=CC(=O)N1CCC(C(O)/C=C/c2ccc(C(F)F)cc2)C1. The minimum atomic E-state index is -2.48. The Morgan fingerprint density at radius 2 is 2.05 bits per heavy atom. The fourth-order valence-electron chi connectivity index (χ4n) is 2.51. The number of carbonyl (C=O) groups is 1. The molecule has 2 unspecified atom stereocenters. The van der Waals surface area contributed by atoms with E-state index in [0.717, 1.165) is 12.0 Å². The molecule has 2 rings (SSSR count). The third kappa shape index (κ3) is 4.01. The zero-order chi connectivity index (χ0) is 16.1. The van der Waals surface area contributed by atoms with Crippen LogP contribution in [0.5, 0.6) is 0 Å². The van der Waals surface area contributed by atoms with Gasteiger partial charge in [0.2, 0.25) is 5.91 Å². The van der Waals surface area contributed by atoms with Gasteiger partial charge in [0.1, 0.15) is 0 Å². The number of hydrogen-bond acceptors (Lipinski definition) is 2. The number of alkyl halides is 2. The van der Waals surface area contributed by atoms with Crippen molar-refractivity contribution in [2.75, 3.05) is 13.1 Å². The van der Waals surface area contributed by atoms with Gasteiger partial charge in [-0.2, -0.15) is 0 Å². The molecule has 2 atom stereocenters. The molecule has 0 aromatic heterocycles. The largest absolute Gasteiger partial charge is 0.389 e. The Bertz CT molecular complexity index is 554. The summed E-state index contributed by atoms with van der Waals surface area (Å²) in [7, 11) is 0. The number of nitrogens with zero attached hydrogens (tertiary/aromatic N) is 1. The summed E-state index contributed by atoms with van der Waals surface area (Å²) in [5, 5.41) is 10.2. The number of rotatable bonds is 5. The molecule has 1 aromatic carbocycles. The highest BCUT2D eigenvalue weighted by molar-refractivity contribution is 5.87. The molecule has 0 bridgehead atoms. The maximum atomic E-state index is 12.5. The molecule has 1 fully saturated rings. The Kier molecular flexibility index (Phi) is 5.44. The first-order valence-electron chi connectivity index (χ1n) is 7.17. The number of likely N-dealkylation sites (tertiary alicyclic amines) is 1.